The van der Waals surface area contributed by atoms with Gasteiger partial charge in [0.2, 0.25) is 0 Å². The zero-order valence-corrected chi connectivity index (χ0v) is 12.7. The van der Waals surface area contributed by atoms with E-state index < -0.39 is 0 Å². The molecule has 0 spiro atoms. The number of hydrogen-bond donors (Lipinski definition) is 1. The highest BCUT2D eigenvalue weighted by atomic mass is 16.5. The van der Waals surface area contributed by atoms with Gasteiger partial charge in [-0.05, 0) is 26.2 Å². The average Bonchev–Trinajstić information content (AvgIpc) is 2.84. The van der Waals surface area contributed by atoms with Crippen LogP contribution in [-0.4, -0.2) is 33.0 Å². The number of rotatable bonds is 9. The SMILES string of the molecule is CCCn1ncnc1CC(N)C(CC)(CC)OCC. The molecule has 1 aromatic heterocycles. The molecular formula is C14H28N4O. The van der Waals surface area contributed by atoms with Gasteiger partial charge in [-0.3, -0.25) is 4.68 Å². The van der Waals surface area contributed by atoms with Crippen molar-refractivity contribution >= 4 is 0 Å². The summed E-state index contributed by atoms with van der Waals surface area (Å²) in [5.74, 6) is 0.959. The molecule has 2 N–H and O–H groups in total. The van der Waals surface area contributed by atoms with Crippen molar-refractivity contribution in [2.75, 3.05) is 6.61 Å². The third-order valence-corrected chi connectivity index (χ3v) is 3.84. The van der Waals surface area contributed by atoms with E-state index in [2.05, 4.69) is 30.9 Å². The van der Waals surface area contributed by atoms with Crippen molar-refractivity contribution in [3.05, 3.63) is 12.2 Å². The average molecular weight is 268 g/mol. The van der Waals surface area contributed by atoms with E-state index in [4.69, 9.17) is 10.5 Å². The Bertz CT molecular complexity index is 360. The van der Waals surface area contributed by atoms with E-state index in [9.17, 15) is 0 Å². The van der Waals surface area contributed by atoms with Crippen molar-refractivity contribution in [1.82, 2.24) is 14.8 Å². The largest absolute Gasteiger partial charge is 0.374 e. The summed E-state index contributed by atoms with van der Waals surface area (Å²) in [6, 6.07) is -0.0535. The number of hydrogen-bond acceptors (Lipinski definition) is 4. The first-order chi connectivity index (χ1) is 9.13. The van der Waals surface area contributed by atoms with E-state index in [-0.39, 0.29) is 11.6 Å². The second-order valence-electron chi connectivity index (χ2n) is 4.91. The Morgan fingerprint density at radius 1 is 1.32 bits per heavy atom. The molecule has 5 nitrogen and oxygen atoms in total. The van der Waals surface area contributed by atoms with E-state index in [1.807, 2.05) is 11.6 Å². The molecule has 110 valence electrons. The summed E-state index contributed by atoms with van der Waals surface area (Å²) in [7, 11) is 0. The van der Waals surface area contributed by atoms with Gasteiger partial charge in [0.15, 0.2) is 0 Å². The highest BCUT2D eigenvalue weighted by Gasteiger charge is 2.34. The Balaban J connectivity index is 2.80. The first-order valence-corrected chi connectivity index (χ1v) is 7.39. The minimum Gasteiger partial charge on any atom is -0.374 e. The van der Waals surface area contributed by atoms with E-state index in [1.165, 1.54) is 0 Å². The van der Waals surface area contributed by atoms with Crippen LogP contribution >= 0.6 is 0 Å². The number of aryl methyl sites for hydroxylation is 1. The van der Waals surface area contributed by atoms with Crippen LogP contribution in [0.15, 0.2) is 6.33 Å². The van der Waals surface area contributed by atoms with E-state index in [1.54, 1.807) is 6.33 Å². The van der Waals surface area contributed by atoms with Crippen molar-refractivity contribution < 1.29 is 4.74 Å². The molecule has 1 heterocycles. The number of ether oxygens (including phenoxy) is 1. The molecule has 0 aliphatic rings. The van der Waals surface area contributed by atoms with Crippen LogP contribution in [0.2, 0.25) is 0 Å². The predicted octanol–water partition coefficient (Wildman–Crippen LogP) is 2.15. The Morgan fingerprint density at radius 2 is 2.00 bits per heavy atom. The highest BCUT2D eigenvalue weighted by molar-refractivity contribution is 4.98. The van der Waals surface area contributed by atoms with Gasteiger partial charge in [0.25, 0.3) is 0 Å². The molecule has 1 rings (SSSR count). The van der Waals surface area contributed by atoms with Crippen LogP contribution in [0.5, 0.6) is 0 Å². The predicted molar refractivity (Wildman–Crippen MR) is 76.9 cm³/mol. The summed E-state index contributed by atoms with van der Waals surface area (Å²) in [4.78, 5) is 4.33. The molecule has 5 heteroatoms. The van der Waals surface area contributed by atoms with Crippen molar-refractivity contribution in [3.63, 3.8) is 0 Å². The zero-order chi connectivity index (χ0) is 14.3. The minimum absolute atomic E-state index is 0.0535. The molecule has 0 amide bonds. The third-order valence-electron chi connectivity index (χ3n) is 3.84. The van der Waals surface area contributed by atoms with E-state index in [0.717, 1.165) is 31.6 Å². The monoisotopic (exact) mass is 268 g/mol. The molecule has 0 radical (unpaired) electrons. The maximum atomic E-state index is 6.41. The van der Waals surface area contributed by atoms with Crippen LogP contribution in [0.3, 0.4) is 0 Å². The lowest BCUT2D eigenvalue weighted by Crippen LogP contribution is -2.51. The number of aromatic nitrogens is 3. The number of nitrogens with two attached hydrogens (primary N) is 1. The van der Waals surface area contributed by atoms with Crippen LogP contribution in [0.25, 0.3) is 0 Å². The molecule has 1 aromatic rings. The fraction of sp³-hybridized carbons (Fsp3) is 0.857. The molecule has 0 fully saturated rings. The second-order valence-corrected chi connectivity index (χ2v) is 4.91. The van der Waals surface area contributed by atoms with Crippen molar-refractivity contribution in [1.29, 1.82) is 0 Å². The van der Waals surface area contributed by atoms with Gasteiger partial charge in [-0.15, -0.1) is 0 Å². The molecule has 19 heavy (non-hydrogen) atoms. The lowest BCUT2D eigenvalue weighted by molar-refractivity contribution is -0.0638. The van der Waals surface area contributed by atoms with Gasteiger partial charge in [-0.1, -0.05) is 20.8 Å². The first kappa shape index (κ1) is 16.1. The lowest BCUT2D eigenvalue weighted by atomic mass is 9.86. The van der Waals surface area contributed by atoms with Crippen molar-refractivity contribution in [2.45, 2.75) is 71.6 Å². The Kier molecular flexibility index (Phi) is 6.45. The van der Waals surface area contributed by atoms with Crippen LogP contribution < -0.4 is 5.73 Å². The lowest BCUT2D eigenvalue weighted by Gasteiger charge is -2.37. The minimum atomic E-state index is -0.252. The molecule has 1 unspecified atom stereocenters. The summed E-state index contributed by atoms with van der Waals surface area (Å²) >= 11 is 0. The number of nitrogens with zero attached hydrogens (tertiary/aromatic N) is 3. The molecule has 1 atom stereocenters. The maximum absolute atomic E-state index is 6.41. The fourth-order valence-corrected chi connectivity index (χ4v) is 2.60. The van der Waals surface area contributed by atoms with Crippen LogP contribution in [0, 0.1) is 0 Å². The van der Waals surface area contributed by atoms with Gasteiger partial charge >= 0.3 is 0 Å². The van der Waals surface area contributed by atoms with Crippen LogP contribution in [0.4, 0.5) is 0 Å². The van der Waals surface area contributed by atoms with Gasteiger partial charge in [-0.25, -0.2) is 4.98 Å². The first-order valence-electron chi connectivity index (χ1n) is 7.39. The van der Waals surface area contributed by atoms with Crippen molar-refractivity contribution in [2.24, 2.45) is 5.73 Å². The molecule has 0 aromatic carbocycles. The molecule has 0 bridgehead atoms. The van der Waals surface area contributed by atoms with Crippen molar-refractivity contribution in [3.8, 4) is 0 Å². The molecule has 0 saturated heterocycles. The van der Waals surface area contributed by atoms with Gasteiger partial charge in [-0.2, -0.15) is 5.10 Å². The van der Waals surface area contributed by atoms with E-state index in [0.29, 0.717) is 13.0 Å². The summed E-state index contributed by atoms with van der Waals surface area (Å²) in [5.41, 5.74) is 6.16. The zero-order valence-electron chi connectivity index (χ0n) is 12.7. The van der Waals surface area contributed by atoms with Gasteiger partial charge < -0.3 is 10.5 Å². The Morgan fingerprint density at radius 3 is 2.53 bits per heavy atom. The van der Waals surface area contributed by atoms with Gasteiger partial charge in [0.05, 0.1) is 5.60 Å². The van der Waals surface area contributed by atoms with Gasteiger partial charge in [0, 0.05) is 25.6 Å². The summed E-state index contributed by atoms with van der Waals surface area (Å²) in [5, 5.41) is 4.25. The fourth-order valence-electron chi connectivity index (χ4n) is 2.60. The molecule has 0 saturated carbocycles. The quantitative estimate of drug-likeness (QED) is 0.745. The van der Waals surface area contributed by atoms with Gasteiger partial charge in [0.1, 0.15) is 12.2 Å². The summed E-state index contributed by atoms with van der Waals surface area (Å²) in [6.45, 7) is 10.0. The molecular weight excluding hydrogens is 240 g/mol. The molecule has 0 aliphatic carbocycles. The standard InChI is InChI=1S/C14H28N4O/c1-5-9-18-13(16-11-17-18)10-12(15)14(6-2,7-3)19-8-4/h11-12H,5-10,15H2,1-4H3. The topological polar surface area (TPSA) is 66.0 Å². The second kappa shape index (κ2) is 7.60. The summed E-state index contributed by atoms with van der Waals surface area (Å²) in [6.07, 6.45) is 5.20. The third kappa shape index (κ3) is 3.76. The smallest absolute Gasteiger partial charge is 0.138 e. The Hall–Kier alpha value is -0.940. The summed E-state index contributed by atoms with van der Waals surface area (Å²) < 4.78 is 7.90. The normalized spacial score (nSPS) is 13.7. The Labute approximate surface area is 116 Å². The molecule has 0 aliphatic heterocycles. The van der Waals surface area contributed by atoms with Crippen LogP contribution in [-0.2, 0) is 17.7 Å². The van der Waals surface area contributed by atoms with E-state index >= 15 is 0 Å². The highest BCUT2D eigenvalue weighted by Crippen LogP contribution is 2.25. The van der Waals surface area contributed by atoms with Crippen LogP contribution in [0.1, 0.15) is 52.8 Å². The maximum Gasteiger partial charge on any atom is 0.138 e.